The number of nitrogens with one attached hydrogen (secondary N) is 1. The quantitative estimate of drug-likeness (QED) is 0.922. The SMILES string of the molecule is Cl.Cl.Cn1cccc1[C@@H](C(F)F)N1CCNCC1. The van der Waals surface area contributed by atoms with Gasteiger partial charge in [-0.15, -0.1) is 24.8 Å². The molecule has 106 valence electrons. The van der Waals surface area contributed by atoms with Gasteiger partial charge in [0.05, 0.1) is 0 Å². The molecule has 2 heterocycles. The van der Waals surface area contributed by atoms with Crippen molar-refractivity contribution in [2.45, 2.75) is 12.5 Å². The molecular weight excluding hydrogens is 283 g/mol. The number of hydrogen-bond acceptors (Lipinski definition) is 2. The summed E-state index contributed by atoms with van der Waals surface area (Å²) in [5.41, 5.74) is 0.692. The molecule has 3 nitrogen and oxygen atoms in total. The van der Waals surface area contributed by atoms with Crippen LogP contribution in [0.1, 0.15) is 11.7 Å². The highest BCUT2D eigenvalue weighted by atomic mass is 35.5. The molecule has 0 radical (unpaired) electrons. The summed E-state index contributed by atoms with van der Waals surface area (Å²) in [7, 11) is 1.81. The van der Waals surface area contributed by atoms with Crippen molar-refractivity contribution in [3.05, 3.63) is 24.0 Å². The first-order chi connectivity index (χ1) is 7.70. The van der Waals surface area contributed by atoms with E-state index in [0.717, 1.165) is 13.1 Å². The van der Waals surface area contributed by atoms with Crippen LogP contribution in [0.2, 0.25) is 0 Å². The molecule has 0 aliphatic carbocycles. The second-order valence-corrected chi connectivity index (χ2v) is 4.11. The van der Waals surface area contributed by atoms with Crippen LogP contribution in [0.5, 0.6) is 0 Å². The summed E-state index contributed by atoms with van der Waals surface area (Å²) in [6.45, 7) is 2.93. The van der Waals surface area contributed by atoms with Gasteiger partial charge in [-0.05, 0) is 12.1 Å². The van der Waals surface area contributed by atoms with Crippen LogP contribution in [0.25, 0.3) is 0 Å². The van der Waals surface area contributed by atoms with Crippen molar-refractivity contribution >= 4 is 24.8 Å². The van der Waals surface area contributed by atoms with Crippen molar-refractivity contribution in [2.24, 2.45) is 7.05 Å². The summed E-state index contributed by atoms with van der Waals surface area (Å²) in [4.78, 5) is 1.86. The van der Waals surface area contributed by atoms with E-state index in [2.05, 4.69) is 5.32 Å². The summed E-state index contributed by atoms with van der Waals surface area (Å²) in [5.74, 6) is 0. The monoisotopic (exact) mass is 301 g/mol. The van der Waals surface area contributed by atoms with Gasteiger partial charge in [0.25, 0.3) is 6.43 Å². The first kappa shape index (κ1) is 17.6. The maximum atomic E-state index is 13.2. The van der Waals surface area contributed by atoms with Gasteiger partial charge in [-0.3, -0.25) is 4.90 Å². The Hall–Kier alpha value is -0.360. The Morgan fingerprint density at radius 1 is 1.22 bits per heavy atom. The van der Waals surface area contributed by atoms with Crippen molar-refractivity contribution < 1.29 is 8.78 Å². The molecule has 0 amide bonds. The highest BCUT2D eigenvalue weighted by molar-refractivity contribution is 5.85. The normalized spacial score (nSPS) is 18.0. The van der Waals surface area contributed by atoms with Gasteiger partial charge in [0.2, 0.25) is 0 Å². The molecule has 1 aliphatic heterocycles. The van der Waals surface area contributed by atoms with Crippen molar-refractivity contribution in [3.8, 4) is 0 Å². The van der Waals surface area contributed by atoms with E-state index in [1.165, 1.54) is 0 Å². The minimum atomic E-state index is -2.34. The third-order valence-electron chi connectivity index (χ3n) is 3.07. The Kier molecular flexibility index (Phi) is 7.78. The molecule has 0 aromatic carbocycles. The number of aromatic nitrogens is 1. The topological polar surface area (TPSA) is 20.2 Å². The molecular formula is C11H19Cl2F2N3. The largest absolute Gasteiger partial charge is 0.353 e. The Morgan fingerprint density at radius 2 is 1.83 bits per heavy atom. The average molecular weight is 302 g/mol. The van der Waals surface area contributed by atoms with Gasteiger partial charge in [-0.2, -0.15) is 0 Å². The number of piperazine rings is 1. The van der Waals surface area contributed by atoms with E-state index in [1.54, 1.807) is 10.6 Å². The minimum absolute atomic E-state index is 0. The lowest BCUT2D eigenvalue weighted by Crippen LogP contribution is -2.47. The summed E-state index contributed by atoms with van der Waals surface area (Å²) < 4.78 is 28.1. The van der Waals surface area contributed by atoms with Crippen molar-refractivity contribution in [2.75, 3.05) is 26.2 Å². The van der Waals surface area contributed by atoms with Gasteiger partial charge >= 0.3 is 0 Å². The van der Waals surface area contributed by atoms with Crippen LogP contribution in [0, 0.1) is 0 Å². The second kappa shape index (κ2) is 7.94. The number of nitrogens with zero attached hydrogens (tertiary/aromatic N) is 2. The lowest BCUT2D eigenvalue weighted by Gasteiger charge is -2.34. The summed E-state index contributed by atoms with van der Waals surface area (Å²) in [6.07, 6.45) is -0.529. The number of hydrogen-bond donors (Lipinski definition) is 1. The highest BCUT2D eigenvalue weighted by Crippen LogP contribution is 2.27. The Labute approximate surface area is 118 Å². The zero-order chi connectivity index (χ0) is 11.5. The molecule has 1 aromatic rings. The van der Waals surface area contributed by atoms with E-state index in [4.69, 9.17) is 0 Å². The van der Waals surface area contributed by atoms with Crippen LogP contribution < -0.4 is 5.32 Å². The standard InChI is InChI=1S/C11H17F2N3.2ClH/c1-15-6-2-3-9(15)10(11(12)13)16-7-4-14-5-8-16;;/h2-3,6,10-11,14H,4-5,7-8H2,1H3;2*1H/t10-;;/m0../s1. The minimum Gasteiger partial charge on any atom is -0.353 e. The Balaban J connectivity index is 0.00000144. The molecule has 7 heteroatoms. The third-order valence-corrected chi connectivity index (χ3v) is 3.07. The summed E-state index contributed by atoms with van der Waals surface area (Å²) >= 11 is 0. The molecule has 1 aromatic heterocycles. The number of aryl methyl sites for hydroxylation is 1. The van der Waals surface area contributed by atoms with E-state index in [1.807, 2.05) is 24.2 Å². The van der Waals surface area contributed by atoms with Gasteiger partial charge in [0.15, 0.2) is 0 Å². The van der Waals surface area contributed by atoms with Gasteiger partial charge < -0.3 is 9.88 Å². The molecule has 0 spiro atoms. The fourth-order valence-corrected chi connectivity index (χ4v) is 2.22. The maximum absolute atomic E-state index is 13.2. The lowest BCUT2D eigenvalue weighted by atomic mass is 10.1. The first-order valence-corrected chi connectivity index (χ1v) is 5.54. The van der Waals surface area contributed by atoms with Gasteiger partial charge in [-0.25, -0.2) is 8.78 Å². The van der Waals surface area contributed by atoms with Crippen LogP contribution in [-0.2, 0) is 7.05 Å². The van der Waals surface area contributed by atoms with Crippen LogP contribution in [0.4, 0.5) is 8.78 Å². The van der Waals surface area contributed by atoms with E-state index in [9.17, 15) is 8.78 Å². The molecule has 18 heavy (non-hydrogen) atoms. The predicted octanol–water partition coefficient (Wildman–Crippen LogP) is 2.08. The van der Waals surface area contributed by atoms with Gasteiger partial charge in [0.1, 0.15) is 6.04 Å². The van der Waals surface area contributed by atoms with Crippen molar-refractivity contribution in [1.29, 1.82) is 0 Å². The number of alkyl halides is 2. The van der Waals surface area contributed by atoms with Gasteiger partial charge in [-0.1, -0.05) is 0 Å². The third kappa shape index (κ3) is 3.82. The fourth-order valence-electron chi connectivity index (χ4n) is 2.22. The summed E-state index contributed by atoms with van der Waals surface area (Å²) in [5, 5.41) is 3.18. The van der Waals surface area contributed by atoms with Crippen molar-refractivity contribution in [1.82, 2.24) is 14.8 Å². The fraction of sp³-hybridized carbons (Fsp3) is 0.636. The average Bonchev–Trinajstić information content (AvgIpc) is 2.66. The lowest BCUT2D eigenvalue weighted by molar-refractivity contribution is 0.0147. The second-order valence-electron chi connectivity index (χ2n) is 4.11. The maximum Gasteiger partial charge on any atom is 0.259 e. The van der Waals surface area contributed by atoms with Gasteiger partial charge in [0, 0.05) is 45.1 Å². The van der Waals surface area contributed by atoms with E-state index >= 15 is 0 Å². The molecule has 1 saturated heterocycles. The highest BCUT2D eigenvalue weighted by Gasteiger charge is 2.31. The smallest absolute Gasteiger partial charge is 0.259 e. The molecule has 0 saturated carbocycles. The molecule has 1 fully saturated rings. The molecule has 1 aliphatic rings. The van der Waals surface area contributed by atoms with Crippen LogP contribution in [0.15, 0.2) is 18.3 Å². The number of halogens is 4. The van der Waals surface area contributed by atoms with Crippen LogP contribution in [-0.4, -0.2) is 42.1 Å². The van der Waals surface area contributed by atoms with Crippen molar-refractivity contribution in [3.63, 3.8) is 0 Å². The predicted molar refractivity (Wildman–Crippen MR) is 73.1 cm³/mol. The van der Waals surface area contributed by atoms with E-state index in [0.29, 0.717) is 18.8 Å². The Morgan fingerprint density at radius 3 is 2.28 bits per heavy atom. The zero-order valence-electron chi connectivity index (χ0n) is 10.2. The zero-order valence-corrected chi connectivity index (χ0v) is 11.8. The number of rotatable bonds is 3. The molecule has 0 unspecified atom stereocenters. The molecule has 1 atom stereocenters. The van der Waals surface area contributed by atoms with Crippen LogP contribution in [0.3, 0.4) is 0 Å². The van der Waals surface area contributed by atoms with Crippen LogP contribution >= 0.6 is 24.8 Å². The van der Waals surface area contributed by atoms with E-state index in [-0.39, 0.29) is 24.8 Å². The summed E-state index contributed by atoms with van der Waals surface area (Å²) in [6, 6.07) is 2.81. The van der Waals surface area contributed by atoms with E-state index < -0.39 is 12.5 Å². The molecule has 2 rings (SSSR count). The molecule has 0 bridgehead atoms. The first-order valence-electron chi connectivity index (χ1n) is 5.54. The Bertz CT molecular complexity index is 341. The molecule has 1 N–H and O–H groups in total.